The third-order valence-electron chi connectivity index (χ3n) is 3.90. The van der Waals surface area contributed by atoms with Crippen molar-refractivity contribution in [2.45, 2.75) is 30.9 Å². The van der Waals surface area contributed by atoms with Gasteiger partial charge in [0, 0.05) is 12.7 Å². The van der Waals surface area contributed by atoms with Crippen LogP contribution in [0.4, 0.5) is 5.69 Å². The zero-order valence-corrected chi connectivity index (χ0v) is 16.3. The summed E-state index contributed by atoms with van der Waals surface area (Å²) < 4.78 is 11.2. The number of anilines is 1. The molecule has 27 heavy (non-hydrogen) atoms. The van der Waals surface area contributed by atoms with E-state index in [0.717, 1.165) is 17.0 Å². The van der Waals surface area contributed by atoms with Crippen LogP contribution in [0, 0.1) is 6.92 Å². The summed E-state index contributed by atoms with van der Waals surface area (Å²) in [6.45, 7) is 4.00. The molecule has 0 saturated carbocycles. The summed E-state index contributed by atoms with van der Waals surface area (Å²) in [5.41, 5.74) is 1.96. The highest BCUT2D eigenvalue weighted by molar-refractivity contribution is 8.00. The average Bonchev–Trinajstić information content (AvgIpc) is 3.13. The maximum absolute atomic E-state index is 12.6. The van der Waals surface area contributed by atoms with E-state index in [1.807, 2.05) is 68.4 Å². The molecular weight excluding hydrogens is 362 g/mol. The summed E-state index contributed by atoms with van der Waals surface area (Å²) in [4.78, 5) is 14.2. The van der Waals surface area contributed by atoms with E-state index in [2.05, 4.69) is 10.2 Å². The molecule has 1 unspecified atom stereocenters. The lowest BCUT2D eigenvalue weighted by molar-refractivity contribution is -0.117. The first kappa shape index (κ1) is 19.0. The van der Waals surface area contributed by atoms with Crippen LogP contribution in [0.25, 0.3) is 0 Å². The Kier molecular flexibility index (Phi) is 6.13. The van der Waals surface area contributed by atoms with E-state index in [4.69, 9.17) is 9.15 Å². The molecule has 3 aromatic rings. The average molecular weight is 383 g/mol. The molecule has 3 rings (SSSR count). The smallest absolute Gasteiger partial charge is 0.277 e. The van der Waals surface area contributed by atoms with Gasteiger partial charge in [-0.1, -0.05) is 42.1 Å². The van der Waals surface area contributed by atoms with Gasteiger partial charge in [-0.2, -0.15) is 0 Å². The Labute approximate surface area is 162 Å². The van der Waals surface area contributed by atoms with Gasteiger partial charge in [0.2, 0.25) is 5.91 Å². The highest BCUT2D eigenvalue weighted by atomic mass is 32.2. The summed E-state index contributed by atoms with van der Waals surface area (Å²) in [6.07, 6.45) is 0. The van der Waals surface area contributed by atoms with Crippen LogP contribution in [0.2, 0.25) is 0 Å². The highest BCUT2D eigenvalue weighted by Gasteiger charge is 2.22. The number of ether oxygens (including phenoxy) is 1. The SMILES string of the molecule is Cc1cccc(OCc2nnc(SC(C)C(=O)N(C)c3ccccc3)o2)c1. The Morgan fingerprint density at radius 3 is 2.70 bits per heavy atom. The molecule has 0 spiro atoms. The van der Waals surface area contributed by atoms with Crippen molar-refractivity contribution in [3.8, 4) is 5.75 Å². The molecule has 0 N–H and O–H groups in total. The van der Waals surface area contributed by atoms with Crippen LogP contribution in [-0.4, -0.2) is 28.4 Å². The number of thioether (sulfide) groups is 1. The van der Waals surface area contributed by atoms with Gasteiger partial charge >= 0.3 is 0 Å². The molecule has 7 heteroatoms. The summed E-state index contributed by atoms with van der Waals surface area (Å²) in [5.74, 6) is 1.08. The van der Waals surface area contributed by atoms with Crippen molar-refractivity contribution in [2.24, 2.45) is 0 Å². The summed E-state index contributed by atoms with van der Waals surface area (Å²) in [7, 11) is 1.75. The van der Waals surface area contributed by atoms with Crippen molar-refractivity contribution in [3.63, 3.8) is 0 Å². The van der Waals surface area contributed by atoms with Crippen LogP contribution in [0.5, 0.6) is 5.75 Å². The van der Waals surface area contributed by atoms with Gasteiger partial charge < -0.3 is 14.1 Å². The molecule has 0 aliphatic heterocycles. The molecule has 0 bridgehead atoms. The normalized spacial score (nSPS) is 11.8. The quantitative estimate of drug-likeness (QED) is 0.572. The van der Waals surface area contributed by atoms with E-state index in [1.165, 1.54) is 11.8 Å². The van der Waals surface area contributed by atoms with Crippen LogP contribution < -0.4 is 9.64 Å². The number of para-hydroxylation sites is 1. The first-order chi connectivity index (χ1) is 13.0. The molecular formula is C20H21N3O3S. The first-order valence-corrected chi connectivity index (χ1v) is 9.42. The van der Waals surface area contributed by atoms with Crippen LogP contribution in [0.15, 0.2) is 64.2 Å². The molecule has 140 valence electrons. The second kappa shape index (κ2) is 8.73. The van der Waals surface area contributed by atoms with E-state index in [-0.39, 0.29) is 17.8 Å². The molecule has 0 aliphatic rings. The molecule has 1 atom stereocenters. The fourth-order valence-corrected chi connectivity index (χ4v) is 3.24. The molecule has 0 aliphatic carbocycles. The van der Waals surface area contributed by atoms with Crippen LogP contribution in [-0.2, 0) is 11.4 Å². The van der Waals surface area contributed by atoms with E-state index in [0.29, 0.717) is 11.1 Å². The third kappa shape index (κ3) is 5.10. The van der Waals surface area contributed by atoms with Gasteiger partial charge in [0.1, 0.15) is 5.75 Å². The Morgan fingerprint density at radius 2 is 1.96 bits per heavy atom. The number of carbonyl (C=O) groups excluding carboxylic acids is 1. The lowest BCUT2D eigenvalue weighted by Crippen LogP contribution is -2.33. The van der Waals surface area contributed by atoms with Gasteiger partial charge in [-0.25, -0.2) is 0 Å². The van der Waals surface area contributed by atoms with Crippen molar-refractivity contribution in [2.75, 3.05) is 11.9 Å². The Hall–Kier alpha value is -2.80. The van der Waals surface area contributed by atoms with Gasteiger partial charge in [-0.3, -0.25) is 4.79 Å². The second-order valence-corrected chi connectivity index (χ2v) is 7.35. The molecule has 1 aromatic heterocycles. The van der Waals surface area contributed by atoms with E-state index in [9.17, 15) is 4.79 Å². The fraction of sp³-hybridized carbons (Fsp3) is 0.250. The number of amides is 1. The molecule has 0 fully saturated rings. The number of carbonyl (C=O) groups is 1. The van der Waals surface area contributed by atoms with Crippen LogP contribution in [0.3, 0.4) is 0 Å². The zero-order valence-electron chi connectivity index (χ0n) is 15.5. The summed E-state index contributed by atoms with van der Waals surface area (Å²) in [6, 6.07) is 17.2. The van der Waals surface area contributed by atoms with Crippen molar-refractivity contribution < 1.29 is 13.9 Å². The highest BCUT2D eigenvalue weighted by Crippen LogP contribution is 2.25. The predicted octanol–water partition coefficient (Wildman–Crippen LogP) is 4.10. The topological polar surface area (TPSA) is 68.5 Å². The van der Waals surface area contributed by atoms with Crippen molar-refractivity contribution in [1.29, 1.82) is 0 Å². The van der Waals surface area contributed by atoms with Gasteiger partial charge in [-0.15, -0.1) is 10.2 Å². The molecule has 0 radical (unpaired) electrons. The van der Waals surface area contributed by atoms with Gasteiger partial charge in [0.05, 0.1) is 5.25 Å². The predicted molar refractivity (Wildman–Crippen MR) is 105 cm³/mol. The lowest BCUT2D eigenvalue weighted by Gasteiger charge is -2.20. The van der Waals surface area contributed by atoms with E-state index in [1.54, 1.807) is 11.9 Å². The fourth-order valence-electron chi connectivity index (χ4n) is 2.45. The van der Waals surface area contributed by atoms with Gasteiger partial charge in [0.15, 0.2) is 6.61 Å². The second-order valence-electron chi connectivity index (χ2n) is 6.06. The number of hydrogen-bond acceptors (Lipinski definition) is 6. The maximum atomic E-state index is 12.6. The maximum Gasteiger partial charge on any atom is 0.277 e. The van der Waals surface area contributed by atoms with Gasteiger partial charge in [-0.05, 0) is 43.7 Å². The first-order valence-electron chi connectivity index (χ1n) is 8.54. The molecule has 1 heterocycles. The Balaban J connectivity index is 1.56. The Morgan fingerprint density at radius 1 is 1.19 bits per heavy atom. The van der Waals surface area contributed by atoms with Crippen LogP contribution >= 0.6 is 11.8 Å². The molecule has 6 nitrogen and oxygen atoms in total. The monoisotopic (exact) mass is 383 g/mol. The minimum Gasteiger partial charge on any atom is -0.484 e. The molecule has 1 amide bonds. The molecule has 2 aromatic carbocycles. The summed E-state index contributed by atoms with van der Waals surface area (Å²) in [5, 5.41) is 7.97. The van der Waals surface area contributed by atoms with Crippen molar-refractivity contribution in [1.82, 2.24) is 10.2 Å². The number of aromatic nitrogens is 2. The molecule has 0 saturated heterocycles. The van der Waals surface area contributed by atoms with Crippen molar-refractivity contribution in [3.05, 3.63) is 66.1 Å². The minimum absolute atomic E-state index is 0.0399. The lowest BCUT2D eigenvalue weighted by atomic mass is 10.2. The Bertz CT molecular complexity index is 898. The number of nitrogens with zero attached hydrogens (tertiary/aromatic N) is 3. The van der Waals surface area contributed by atoms with E-state index < -0.39 is 0 Å². The number of rotatable bonds is 7. The van der Waals surface area contributed by atoms with Crippen LogP contribution in [0.1, 0.15) is 18.4 Å². The number of aryl methyl sites for hydroxylation is 1. The largest absolute Gasteiger partial charge is 0.484 e. The van der Waals surface area contributed by atoms with Gasteiger partial charge in [0.25, 0.3) is 11.1 Å². The standard InChI is InChI=1S/C20H21N3O3S/c1-14-8-7-11-17(12-14)25-13-18-21-22-20(26-18)27-15(2)19(24)23(3)16-9-5-4-6-10-16/h4-12,15H,13H2,1-3H3. The van der Waals surface area contributed by atoms with E-state index >= 15 is 0 Å². The zero-order chi connectivity index (χ0) is 19.2. The van der Waals surface area contributed by atoms with Crippen molar-refractivity contribution >= 4 is 23.4 Å². The third-order valence-corrected chi connectivity index (χ3v) is 4.82. The minimum atomic E-state index is -0.360. The number of benzene rings is 2. The number of hydrogen-bond donors (Lipinski definition) is 0. The summed E-state index contributed by atoms with van der Waals surface area (Å²) >= 11 is 1.23.